The summed E-state index contributed by atoms with van der Waals surface area (Å²) in [5.74, 6) is 1.82. The van der Waals surface area contributed by atoms with E-state index in [2.05, 4.69) is 37.4 Å². The highest BCUT2D eigenvalue weighted by Gasteiger charge is 2.26. The molecule has 1 aliphatic carbocycles. The van der Waals surface area contributed by atoms with E-state index in [0.29, 0.717) is 18.4 Å². The van der Waals surface area contributed by atoms with Crippen LogP contribution in [0.15, 0.2) is 24.3 Å². The molecule has 0 spiro atoms. The summed E-state index contributed by atoms with van der Waals surface area (Å²) in [4.78, 5) is 13.8. The lowest BCUT2D eigenvalue weighted by Crippen LogP contribution is -2.33. The Bertz CT molecular complexity index is 514. The van der Waals surface area contributed by atoms with Crippen LogP contribution < -0.4 is 10.2 Å². The van der Waals surface area contributed by atoms with E-state index in [0.717, 1.165) is 30.3 Å². The summed E-state index contributed by atoms with van der Waals surface area (Å²) in [6, 6.07) is 8.91. The van der Waals surface area contributed by atoms with Crippen LogP contribution in [0.25, 0.3) is 0 Å². The number of nitrogens with zero attached hydrogens (tertiary/aromatic N) is 1. The number of nitrogens with one attached hydrogen (secondary N) is 1. The van der Waals surface area contributed by atoms with Crippen molar-refractivity contribution in [3.8, 4) is 0 Å². The first-order chi connectivity index (χ1) is 10.1. The van der Waals surface area contributed by atoms with Crippen LogP contribution in [-0.2, 0) is 4.79 Å². The van der Waals surface area contributed by atoms with Crippen LogP contribution in [0.1, 0.15) is 46.0 Å². The summed E-state index contributed by atoms with van der Waals surface area (Å²) in [5.41, 5.74) is 2.19. The molecule has 1 amide bonds. The van der Waals surface area contributed by atoms with E-state index in [4.69, 9.17) is 0 Å². The van der Waals surface area contributed by atoms with Crippen LogP contribution in [0.3, 0.4) is 0 Å². The van der Waals surface area contributed by atoms with Gasteiger partial charge in [0.2, 0.25) is 5.91 Å². The first-order valence-electron chi connectivity index (χ1n) is 8.30. The highest BCUT2D eigenvalue weighted by atomic mass is 16.2. The number of carbonyl (C=O) groups excluding carboxylic acids is 1. The zero-order valence-corrected chi connectivity index (χ0v) is 13.1. The lowest BCUT2D eigenvalue weighted by atomic mass is 9.80. The average Bonchev–Trinajstić information content (AvgIpc) is 2.89. The molecule has 3 rings (SSSR count). The average molecular weight is 286 g/mol. The predicted molar refractivity (Wildman–Crippen MR) is 87.6 cm³/mol. The largest absolute Gasteiger partial charge is 0.382 e. The van der Waals surface area contributed by atoms with Crippen molar-refractivity contribution in [3.63, 3.8) is 0 Å². The lowest BCUT2D eigenvalue weighted by molar-refractivity contribution is -0.117. The van der Waals surface area contributed by atoms with Gasteiger partial charge in [-0.15, -0.1) is 0 Å². The molecule has 1 aromatic carbocycles. The Morgan fingerprint density at radius 2 is 2.10 bits per heavy atom. The Balaban J connectivity index is 1.70. The maximum atomic E-state index is 11.9. The zero-order chi connectivity index (χ0) is 14.8. The molecule has 114 valence electrons. The molecule has 2 aliphatic rings. The van der Waals surface area contributed by atoms with Gasteiger partial charge in [0.05, 0.1) is 0 Å². The molecule has 1 heterocycles. The predicted octanol–water partition coefficient (Wildman–Crippen LogP) is 4.05. The van der Waals surface area contributed by atoms with Gasteiger partial charge in [0.25, 0.3) is 0 Å². The van der Waals surface area contributed by atoms with E-state index in [-0.39, 0.29) is 5.91 Å². The first kappa shape index (κ1) is 14.4. The molecule has 21 heavy (non-hydrogen) atoms. The van der Waals surface area contributed by atoms with Crippen molar-refractivity contribution in [1.29, 1.82) is 0 Å². The van der Waals surface area contributed by atoms with Gasteiger partial charge in [0.15, 0.2) is 0 Å². The topological polar surface area (TPSA) is 32.3 Å². The highest BCUT2D eigenvalue weighted by Crippen LogP contribution is 2.32. The van der Waals surface area contributed by atoms with Gasteiger partial charge >= 0.3 is 0 Å². The number of rotatable bonds is 3. The van der Waals surface area contributed by atoms with E-state index in [1.807, 2.05) is 11.0 Å². The zero-order valence-electron chi connectivity index (χ0n) is 13.1. The third-order valence-corrected chi connectivity index (χ3v) is 5.01. The second-order valence-electron chi connectivity index (χ2n) is 6.85. The van der Waals surface area contributed by atoms with E-state index in [1.54, 1.807) is 0 Å². The second-order valence-corrected chi connectivity index (χ2v) is 6.85. The molecule has 3 atom stereocenters. The Hall–Kier alpha value is -1.51. The van der Waals surface area contributed by atoms with E-state index in [9.17, 15) is 4.79 Å². The van der Waals surface area contributed by atoms with Crippen molar-refractivity contribution in [2.45, 2.75) is 52.0 Å². The van der Waals surface area contributed by atoms with Gasteiger partial charge in [0.1, 0.15) is 0 Å². The second kappa shape index (κ2) is 6.08. The summed E-state index contributed by atoms with van der Waals surface area (Å²) in [7, 11) is 0. The molecule has 1 aliphatic heterocycles. The van der Waals surface area contributed by atoms with E-state index in [1.165, 1.54) is 19.3 Å². The van der Waals surface area contributed by atoms with E-state index < -0.39 is 0 Å². The minimum atomic E-state index is 0.256. The molecule has 1 saturated carbocycles. The smallest absolute Gasteiger partial charge is 0.227 e. The maximum absolute atomic E-state index is 11.9. The fourth-order valence-electron chi connectivity index (χ4n) is 3.78. The molecule has 3 heteroatoms. The van der Waals surface area contributed by atoms with E-state index >= 15 is 0 Å². The maximum Gasteiger partial charge on any atom is 0.227 e. The standard InChI is InChI=1S/C18H26N2O/c1-13-8-9-17(14(2)11-13)19-15-5-3-6-16(12-15)20-10-4-7-18(20)21/h3,5-6,12-14,17,19H,4,7-11H2,1-2H3. The summed E-state index contributed by atoms with van der Waals surface area (Å²) < 4.78 is 0. The lowest BCUT2D eigenvalue weighted by Gasteiger charge is -2.34. The van der Waals surface area contributed by atoms with Gasteiger partial charge in [0, 0.05) is 30.4 Å². The molecule has 0 radical (unpaired) electrons. The third-order valence-electron chi connectivity index (χ3n) is 5.01. The van der Waals surface area contributed by atoms with Crippen LogP contribution in [-0.4, -0.2) is 18.5 Å². The summed E-state index contributed by atoms with van der Waals surface area (Å²) in [6.07, 6.45) is 5.53. The van der Waals surface area contributed by atoms with Crippen molar-refractivity contribution >= 4 is 17.3 Å². The van der Waals surface area contributed by atoms with Crippen molar-refractivity contribution in [2.24, 2.45) is 11.8 Å². The molecule has 3 unspecified atom stereocenters. The SMILES string of the molecule is CC1CCC(Nc2cccc(N3CCCC3=O)c2)C(C)C1. The fraction of sp³-hybridized carbons (Fsp3) is 0.611. The Morgan fingerprint density at radius 1 is 1.24 bits per heavy atom. The summed E-state index contributed by atoms with van der Waals surface area (Å²) in [6.45, 7) is 5.56. The van der Waals surface area contributed by atoms with Gasteiger partial charge in [-0.1, -0.05) is 19.9 Å². The number of carbonyl (C=O) groups is 1. The number of hydrogen-bond donors (Lipinski definition) is 1. The van der Waals surface area contributed by atoms with Crippen LogP contribution in [0.2, 0.25) is 0 Å². The summed E-state index contributed by atoms with van der Waals surface area (Å²) >= 11 is 0. The molecule has 3 nitrogen and oxygen atoms in total. The third kappa shape index (κ3) is 3.22. The van der Waals surface area contributed by atoms with Crippen molar-refractivity contribution in [3.05, 3.63) is 24.3 Å². The number of benzene rings is 1. The van der Waals surface area contributed by atoms with Gasteiger partial charge in [-0.25, -0.2) is 0 Å². The highest BCUT2D eigenvalue weighted by molar-refractivity contribution is 5.95. The Kier molecular flexibility index (Phi) is 4.18. The molecule has 1 aromatic rings. The minimum absolute atomic E-state index is 0.256. The molecule has 0 aromatic heterocycles. The van der Waals surface area contributed by atoms with Crippen LogP contribution in [0.4, 0.5) is 11.4 Å². The molecule has 1 saturated heterocycles. The Labute approximate surface area is 127 Å². The van der Waals surface area contributed by atoms with Gasteiger partial charge in [-0.2, -0.15) is 0 Å². The number of anilines is 2. The van der Waals surface area contributed by atoms with Crippen molar-refractivity contribution < 1.29 is 4.79 Å². The van der Waals surface area contributed by atoms with Crippen LogP contribution >= 0.6 is 0 Å². The van der Waals surface area contributed by atoms with Gasteiger partial charge < -0.3 is 10.2 Å². The first-order valence-corrected chi connectivity index (χ1v) is 8.30. The van der Waals surface area contributed by atoms with Crippen LogP contribution in [0, 0.1) is 11.8 Å². The molecular weight excluding hydrogens is 260 g/mol. The molecular formula is C18H26N2O. The van der Waals surface area contributed by atoms with Crippen LogP contribution in [0.5, 0.6) is 0 Å². The summed E-state index contributed by atoms with van der Waals surface area (Å²) in [5, 5.41) is 3.69. The van der Waals surface area contributed by atoms with Crippen molar-refractivity contribution in [2.75, 3.05) is 16.8 Å². The van der Waals surface area contributed by atoms with Crippen molar-refractivity contribution in [1.82, 2.24) is 0 Å². The van der Waals surface area contributed by atoms with Gasteiger partial charge in [-0.05, 0) is 55.7 Å². The monoisotopic (exact) mass is 286 g/mol. The number of hydrogen-bond acceptors (Lipinski definition) is 2. The fourth-order valence-corrected chi connectivity index (χ4v) is 3.78. The minimum Gasteiger partial charge on any atom is -0.382 e. The van der Waals surface area contributed by atoms with Gasteiger partial charge in [-0.3, -0.25) is 4.79 Å². The molecule has 0 bridgehead atoms. The number of amides is 1. The Morgan fingerprint density at radius 3 is 2.81 bits per heavy atom. The molecule has 2 fully saturated rings. The normalized spacial score (nSPS) is 29.7. The quantitative estimate of drug-likeness (QED) is 0.909. The molecule has 1 N–H and O–H groups in total.